The van der Waals surface area contributed by atoms with E-state index in [1.807, 2.05) is 0 Å². The van der Waals surface area contributed by atoms with Gasteiger partial charge in [0.2, 0.25) is 0 Å². The van der Waals surface area contributed by atoms with E-state index in [1.54, 1.807) is 6.92 Å². The van der Waals surface area contributed by atoms with Gasteiger partial charge in [0.05, 0.1) is 17.1 Å². The number of carboxylic acid groups (broad SMARTS) is 1. The van der Waals surface area contributed by atoms with Gasteiger partial charge in [0, 0.05) is 6.07 Å². The quantitative estimate of drug-likeness (QED) is 0.935. The van der Waals surface area contributed by atoms with Crippen molar-refractivity contribution in [2.75, 3.05) is 7.11 Å². The Labute approximate surface area is 116 Å². The Morgan fingerprint density at radius 1 is 1.53 bits per heavy atom. The molecule has 1 N–H and O–H groups in total. The first-order valence-electron chi connectivity index (χ1n) is 5.18. The maximum atomic E-state index is 13.7. The van der Waals surface area contributed by atoms with Crippen LogP contribution in [0.2, 0.25) is 0 Å². The van der Waals surface area contributed by atoms with Crippen LogP contribution in [-0.2, 0) is 0 Å². The first-order valence-corrected chi connectivity index (χ1v) is 5.98. The molecule has 2 rings (SSSR count). The molecule has 0 atom stereocenters. The van der Waals surface area contributed by atoms with Crippen molar-refractivity contribution < 1.29 is 23.6 Å². The molecule has 0 saturated carbocycles. The van der Waals surface area contributed by atoms with E-state index in [1.165, 1.54) is 19.2 Å². The number of hydrogen-bond acceptors (Lipinski definition) is 4. The summed E-state index contributed by atoms with van der Waals surface area (Å²) in [6.07, 6.45) is 0. The summed E-state index contributed by atoms with van der Waals surface area (Å²) in [5.74, 6) is -1.22. The summed E-state index contributed by atoms with van der Waals surface area (Å²) >= 11 is 3.10. The first-order chi connectivity index (χ1) is 8.95. The number of hydrogen-bond donors (Lipinski definition) is 1. The van der Waals surface area contributed by atoms with Gasteiger partial charge >= 0.3 is 5.97 Å². The van der Waals surface area contributed by atoms with Gasteiger partial charge in [-0.15, -0.1) is 0 Å². The Morgan fingerprint density at radius 2 is 2.21 bits per heavy atom. The molecular weight excluding hydrogens is 321 g/mol. The number of halogens is 2. The largest absolute Gasteiger partial charge is 0.496 e. The maximum absolute atomic E-state index is 13.7. The molecular formula is C12H9BrFNO4. The second-order valence-corrected chi connectivity index (χ2v) is 4.57. The van der Waals surface area contributed by atoms with Crippen LogP contribution in [0.25, 0.3) is 11.3 Å². The number of carbonyl (C=O) groups is 1. The number of aryl methyl sites for hydroxylation is 1. The lowest BCUT2D eigenvalue weighted by Gasteiger charge is -2.11. The van der Waals surface area contributed by atoms with Crippen LogP contribution in [0.4, 0.5) is 4.39 Å². The highest BCUT2D eigenvalue weighted by Gasteiger charge is 2.22. The lowest BCUT2D eigenvalue weighted by atomic mass is 10.1. The standard InChI is InChI=1S/C12H9BrFNO4/c1-5-3-6(14)10(13)9(11(5)18-2)8-4-7(12(16)17)15-19-8/h3-4H,1-2H3,(H,16,17). The minimum atomic E-state index is -1.22. The zero-order valence-electron chi connectivity index (χ0n) is 10.0. The molecule has 19 heavy (non-hydrogen) atoms. The van der Waals surface area contributed by atoms with Gasteiger partial charge in [0.1, 0.15) is 11.6 Å². The molecule has 1 aromatic heterocycles. The van der Waals surface area contributed by atoms with E-state index in [2.05, 4.69) is 21.1 Å². The molecule has 7 heteroatoms. The third kappa shape index (κ3) is 2.33. The summed E-state index contributed by atoms with van der Waals surface area (Å²) < 4.78 is 24.0. The molecule has 0 aliphatic heterocycles. The van der Waals surface area contributed by atoms with Crippen LogP contribution in [0.1, 0.15) is 16.1 Å². The van der Waals surface area contributed by atoms with Crippen molar-refractivity contribution in [1.82, 2.24) is 5.16 Å². The van der Waals surface area contributed by atoms with Crippen LogP contribution in [-0.4, -0.2) is 23.3 Å². The smallest absolute Gasteiger partial charge is 0.358 e. The normalized spacial score (nSPS) is 10.5. The zero-order chi connectivity index (χ0) is 14.2. The van der Waals surface area contributed by atoms with Crippen molar-refractivity contribution >= 4 is 21.9 Å². The molecule has 100 valence electrons. The van der Waals surface area contributed by atoms with E-state index in [0.717, 1.165) is 0 Å². The number of aromatic carboxylic acids is 1. The fraction of sp³-hybridized carbons (Fsp3) is 0.167. The molecule has 0 saturated heterocycles. The van der Waals surface area contributed by atoms with Gasteiger partial charge < -0.3 is 14.4 Å². The number of aromatic nitrogens is 1. The number of methoxy groups -OCH3 is 1. The maximum Gasteiger partial charge on any atom is 0.358 e. The van der Waals surface area contributed by atoms with E-state index >= 15 is 0 Å². The fourth-order valence-corrected chi connectivity index (χ4v) is 2.20. The van der Waals surface area contributed by atoms with Crippen LogP contribution < -0.4 is 4.74 Å². The summed E-state index contributed by atoms with van der Waals surface area (Å²) in [5.41, 5.74) is 0.595. The molecule has 0 radical (unpaired) electrons. The third-order valence-electron chi connectivity index (χ3n) is 2.54. The van der Waals surface area contributed by atoms with E-state index in [0.29, 0.717) is 16.9 Å². The highest BCUT2D eigenvalue weighted by Crippen LogP contribution is 2.40. The number of carboxylic acids is 1. The Bertz CT molecular complexity index is 653. The Balaban J connectivity index is 2.69. The third-order valence-corrected chi connectivity index (χ3v) is 3.31. The van der Waals surface area contributed by atoms with E-state index in [9.17, 15) is 9.18 Å². The van der Waals surface area contributed by atoms with Gasteiger partial charge in [-0.1, -0.05) is 5.16 Å². The number of nitrogens with zero attached hydrogens (tertiary/aromatic N) is 1. The predicted molar refractivity (Wildman–Crippen MR) is 67.8 cm³/mol. The van der Waals surface area contributed by atoms with Gasteiger partial charge in [-0.05, 0) is 34.5 Å². The molecule has 1 aromatic carbocycles. The van der Waals surface area contributed by atoms with Gasteiger partial charge in [0.15, 0.2) is 11.5 Å². The molecule has 0 unspecified atom stereocenters. The molecule has 0 fully saturated rings. The Kier molecular flexibility index (Phi) is 3.57. The van der Waals surface area contributed by atoms with Crippen molar-refractivity contribution in [3.05, 3.63) is 33.7 Å². The lowest BCUT2D eigenvalue weighted by Crippen LogP contribution is -1.96. The number of benzene rings is 1. The summed E-state index contributed by atoms with van der Waals surface area (Å²) in [6.45, 7) is 1.67. The van der Waals surface area contributed by atoms with Crippen molar-refractivity contribution in [2.24, 2.45) is 0 Å². The average molecular weight is 330 g/mol. The van der Waals surface area contributed by atoms with Crippen LogP contribution in [0, 0.1) is 12.7 Å². The van der Waals surface area contributed by atoms with Crippen LogP contribution in [0.15, 0.2) is 21.1 Å². The number of ether oxygens (including phenoxy) is 1. The van der Waals surface area contributed by atoms with Gasteiger partial charge in [0.25, 0.3) is 0 Å². The summed E-state index contributed by atoms with van der Waals surface area (Å²) in [5, 5.41) is 12.2. The average Bonchev–Trinajstić information content (AvgIpc) is 2.82. The van der Waals surface area contributed by atoms with Gasteiger partial charge in [-0.3, -0.25) is 0 Å². The molecule has 0 amide bonds. The van der Waals surface area contributed by atoms with Crippen molar-refractivity contribution in [3.8, 4) is 17.1 Å². The zero-order valence-corrected chi connectivity index (χ0v) is 11.6. The Hall–Kier alpha value is -1.89. The van der Waals surface area contributed by atoms with E-state index < -0.39 is 11.8 Å². The monoisotopic (exact) mass is 329 g/mol. The molecule has 0 aliphatic rings. The highest BCUT2D eigenvalue weighted by atomic mass is 79.9. The van der Waals surface area contributed by atoms with Crippen molar-refractivity contribution in [3.63, 3.8) is 0 Å². The predicted octanol–water partition coefficient (Wildman–Crippen LogP) is 3.26. The fourth-order valence-electron chi connectivity index (χ4n) is 1.71. The number of rotatable bonds is 3. The molecule has 5 nitrogen and oxygen atoms in total. The van der Waals surface area contributed by atoms with E-state index in [-0.39, 0.29) is 15.9 Å². The summed E-state index contributed by atoms with van der Waals surface area (Å²) in [4.78, 5) is 10.8. The van der Waals surface area contributed by atoms with Crippen molar-refractivity contribution in [1.29, 1.82) is 0 Å². The second kappa shape index (κ2) is 5.00. The molecule has 0 spiro atoms. The summed E-state index contributed by atoms with van der Waals surface area (Å²) in [6, 6.07) is 2.52. The minimum Gasteiger partial charge on any atom is -0.496 e. The SMILES string of the molecule is COc1c(C)cc(F)c(Br)c1-c1cc(C(=O)O)no1. The van der Waals surface area contributed by atoms with E-state index in [4.69, 9.17) is 14.4 Å². The topological polar surface area (TPSA) is 72.6 Å². The van der Waals surface area contributed by atoms with Gasteiger partial charge in [-0.25, -0.2) is 9.18 Å². The lowest BCUT2D eigenvalue weighted by molar-refractivity contribution is 0.0686. The van der Waals surface area contributed by atoms with Crippen molar-refractivity contribution in [2.45, 2.75) is 6.92 Å². The first kappa shape index (κ1) is 13.5. The molecule has 1 heterocycles. The molecule has 2 aromatic rings. The van der Waals surface area contributed by atoms with Crippen LogP contribution in [0.3, 0.4) is 0 Å². The van der Waals surface area contributed by atoms with Crippen LogP contribution >= 0.6 is 15.9 Å². The molecule has 0 aliphatic carbocycles. The second-order valence-electron chi connectivity index (χ2n) is 3.78. The van der Waals surface area contributed by atoms with Crippen LogP contribution in [0.5, 0.6) is 5.75 Å². The minimum absolute atomic E-state index is 0.115. The molecule has 0 bridgehead atoms. The highest BCUT2D eigenvalue weighted by molar-refractivity contribution is 9.10. The Morgan fingerprint density at radius 3 is 2.74 bits per heavy atom. The van der Waals surface area contributed by atoms with Gasteiger partial charge in [-0.2, -0.15) is 0 Å². The summed E-state index contributed by atoms with van der Waals surface area (Å²) in [7, 11) is 1.44.